The van der Waals surface area contributed by atoms with Crippen LogP contribution in [0.2, 0.25) is 0 Å². The number of imidazole rings is 1. The Hall–Kier alpha value is -1.47. The Morgan fingerprint density at radius 2 is 2.28 bits per heavy atom. The second kappa shape index (κ2) is 4.66. The molecule has 92 valence electrons. The Kier molecular flexibility index (Phi) is 3.00. The lowest BCUT2D eigenvalue weighted by Crippen LogP contribution is -2.09. The minimum atomic E-state index is 0.104. The first kappa shape index (κ1) is 11.6. The van der Waals surface area contributed by atoms with E-state index in [1.807, 2.05) is 22.2 Å². The predicted octanol–water partition coefficient (Wildman–Crippen LogP) is 3.12. The van der Waals surface area contributed by atoms with Crippen molar-refractivity contribution in [2.75, 3.05) is 5.32 Å². The van der Waals surface area contributed by atoms with Crippen LogP contribution in [0.3, 0.4) is 0 Å². The van der Waals surface area contributed by atoms with Gasteiger partial charge in [0.05, 0.1) is 6.04 Å². The number of nitrogens with zero attached hydrogens (tertiary/aromatic N) is 4. The summed E-state index contributed by atoms with van der Waals surface area (Å²) in [6.07, 6.45) is 7.32. The quantitative estimate of drug-likeness (QED) is 0.804. The maximum absolute atomic E-state index is 4.42. The highest BCUT2D eigenvalue weighted by molar-refractivity contribution is 9.10. The fourth-order valence-corrected chi connectivity index (χ4v) is 2.76. The molecular weight excluding hydrogens is 314 g/mol. The first-order chi connectivity index (χ1) is 8.74. The molecule has 1 N–H and O–H groups in total. The van der Waals surface area contributed by atoms with Gasteiger partial charge in [0.15, 0.2) is 11.5 Å². The van der Waals surface area contributed by atoms with Gasteiger partial charge >= 0.3 is 0 Å². The Labute approximate surface area is 116 Å². The van der Waals surface area contributed by atoms with Crippen molar-refractivity contribution in [3.63, 3.8) is 0 Å². The highest BCUT2D eigenvalue weighted by Crippen LogP contribution is 2.23. The molecule has 0 saturated heterocycles. The zero-order valence-corrected chi connectivity index (χ0v) is 11.9. The minimum absolute atomic E-state index is 0.104. The summed E-state index contributed by atoms with van der Waals surface area (Å²) in [6.45, 7) is 2.06. The fourth-order valence-electron chi connectivity index (χ4n) is 1.71. The van der Waals surface area contributed by atoms with E-state index in [4.69, 9.17) is 0 Å². The molecule has 1 unspecified atom stereocenters. The average molecular weight is 324 g/mol. The van der Waals surface area contributed by atoms with Gasteiger partial charge in [0.25, 0.3) is 0 Å². The topological polar surface area (TPSA) is 55.1 Å². The molecule has 0 aliphatic rings. The third-order valence-electron chi connectivity index (χ3n) is 2.52. The lowest BCUT2D eigenvalue weighted by Gasteiger charge is -2.12. The van der Waals surface area contributed by atoms with E-state index < -0.39 is 0 Å². The Morgan fingerprint density at radius 1 is 1.39 bits per heavy atom. The van der Waals surface area contributed by atoms with Crippen LogP contribution in [0.1, 0.15) is 18.0 Å². The molecule has 0 bridgehead atoms. The van der Waals surface area contributed by atoms with Gasteiger partial charge in [0.2, 0.25) is 0 Å². The van der Waals surface area contributed by atoms with Crippen molar-refractivity contribution < 1.29 is 0 Å². The third-order valence-corrected chi connectivity index (χ3v) is 3.86. The Morgan fingerprint density at radius 3 is 3.06 bits per heavy atom. The molecule has 3 heterocycles. The first-order valence-corrected chi connectivity index (χ1v) is 7.06. The molecule has 1 atom stereocenters. The van der Waals surface area contributed by atoms with Crippen molar-refractivity contribution in [3.8, 4) is 0 Å². The summed E-state index contributed by atoms with van der Waals surface area (Å²) >= 11 is 5.02. The van der Waals surface area contributed by atoms with Crippen LogP contribution >= 0.6 is 27.3 Å². The standard InChI is InChI=1S/C11H10BrN5S/c1-7(11-14-3-5-18-11)15-9-10-13-2-4-17(10)6-8(12)16-9/h2-7H,1H3,(H,15,16). The average Bonchev–Trinajstić information content (AvgIpc) is 2.98. The van der Waals surface area contributed by atoms with Gasteiger partial charge in [-0.05, 0) is 22.9 Å². The zero-order valence-electron chi connectivity index (χ0n) is 9.54. The van der Waals surface area contributed by atoms with Crippen LogP contribution in [0.25, 0.3) is 5.65 Å². The maximum Gasteiger partial charge on any atom is 0.180 e. The van der Waals surface area contributed by atoms with Gasteiger partial charge in [-0.15, -0.1) is 11.3 Å². The fraction of sp³-hybridized carbons (Fsp3) is 0.182. The molecule has 5 nitrogen and oxygen atoms in total. The number of hydrogen-bond donors (Lipinski definition) is 1. The summed E-state index contributed by atoms with van der Waals surface area (Å²) in [5, 5.41) is 6.33. The number of nitrogens with one attached hydrogen (secondary N) is 1. The van der Waals surface area contributed by atoms with Crippen LogP contribution in [0, 0.1) is 0 Å². The molecule has 3 aromatic rings. The van der Waals surface area contributed by atoms with Crippen molar-refractivity contribution in [3.05, 3.63) is 39.8 Å². The van der Waals surface area contributed by atoms with Crippen LogP contribution in [0.4, 0.5) is 5.82 Å². The molecule has 0 fully saturated rings. The summed E-state index contributed by atoms with van der Waals surface area (Å²) in [5.41, 5.74) is 0.807. The van der Waals surface area contributed by atoms with Gasteiger partial charge in [0, 0.05) is 30.2 Å². The minimum Gasteiger partial charge on any atom is -0.358 e. The summed E-state index contributed by atoms with van der Waals surface area (Å²) in [7, 11) is 0. The smallest absolute Gasteiger partial charge is 0.180 e. The van der Waals surface area contributed by atoms with E-state index in [-0.39, 0.29) is 6.04 Å². The first-order valence-electron chi connectivity index (χ1n) is 5.39. The van der Waals surface area contributed by atoms with Crippen molar-refractivity contribution in [1.29, 1.82) is 0 Å². The van der Waals surface area contributed by atoms with Gasteiger partial charge < -0.3 is 9.72 Å². The molecule has 3 aromatic heterocycles. The molecule has 0 radical (unpaired) electrons. The number of anilines is 1. The Balaban J connectivity index is 1.97. The molecule has 0 aliphatic carbocycles. The number of thiazole rings is 1. The molecular formula is C11H10BrN5S. The molecule has 3 rings (SSSR count). The van der Waals surface area contributed by atoms with E-state index in [2.05, 4.69) is 43.1 Å². The highest BCUT2D eigenvalue weighted by atomic mass is 79.9. The van der Waals surface area contributed by atoms with E-state index in [0.29, 0.717) is 0 Å². The zero-order chi connectivity index (χ0) is 12.5. The molecule has 0 aromatic carbocycles. The third kappa shape index (κ3) is 2.11. The monoisotopic (exact) mass is 323 g/mol. The largest absolute Gasteiger partial charge is 0.358 e. The molecule has 0 spiro atoms. The highest BCUT2D eigenvalue weighted by Gasteiger charge is 2.12. The summed E-state index contributed by atoms with van der Waals surface area (Å²) < 4.78 is 2.69. The predicted molar refractivity (Wildman–Crippen MR) is 74.8 cm³/mol. The second-order valence-corrected chi connectivity index (χ2v) is 5.55. The number of halogens is 1. The van der Waals surface area contributed by atoms with Crippen molar-refractivity contribution >= 4 is 38.7 Å². The molecule has 7 heteroatoms. The normalized spacial score (nSPS) is 12.8. The van der Waals surface area contributed by atoms with Gasteiger partial charge in [-0.1, -0.05) is 0 Å². The van der Waals surface area contributed by atoms with Crippen LogP contribution in [-0.2, 0) is 0 Å². The van der Waals surface area contributed by atoms with E-state index in [9.17, 15) is 0 Å². The van der Waals surface area contributed by atoms with Gasteiger partial charge in [-0.3, -0.25) is 0 Å². The molecule has 0 amide bonds. The molecule has 0 saturated carbocycles. The summed E-state index contributed by atoms with van der Waals surface area (Å²) in [6, 6.07) is 0.104. The number of rotatable bonds is 3. The van der Waals surface area contributed by atoms with Gasteiger partial charge in [-0.2, -0.15) is 0 Å². The van der Waals surface area contributed by atoms with Gasteiger partial charge in [-0.25, -0.2) is 15.0 Å². The lowest BCUT2D eigenvalue weighted by atomic mass is 10.3. The van der Waals surface area contributed by atoms with Crippen LogP contribution < -0.4 is 5.32 Å². The van der Waals surface area contributed by atoms with Gasteiger partial charge in [0.1, 0.15) is 9.61 Å². The maximum atomic E-state index is 4.42. The number of hydrogen-bond acceptors (Lipinski definition) is 5. The van der Waals surface area contributed by atoms with Crippen molar-refractivity contribution in [2.24, 2.45) is 0 Å². The number of aromatic nitrogens is 4. The van der Waals surface area contributed by atoms with E-state index in [0.717, 1.165) is 21.1 Å². The molecule has 18 heavy (non-hydrogen) atoms. The van der Waals surface area contributed by atoms with Crippen LogP contribution in [0.15, 0.2) is 34.8 Å². The second-order valence-electron chi connectivity index (χ2n) is 3.81. The van der Waals surface area contributed by atoms with Crippen LogP contribution in [0.5, 0.6) is 0 Å². The Bertz CT molecular complexity index is 663. The van der Waals surface area contributed by atoms with E-state index in [1.165, 1.54) is 0 Å². The van der Waals surface area contributed by atoms with Crippen LogP contribution in [-0.4, -0.2) is 19.4 Å². The van der Waals surface area contributed by atoms with E-state index >= 15 is 0 Å². The molecule has 0 aliphatic heterocycles. The van der Waals surface area contributed by atoms with Crippen molar-refractivity contribution in [2.45, 2.75) is 13.0 Å². The summed E-state index contributed by atoms with van der Waals surface area (Å²) in [5.74, 6) is 0.747. The van der Waals surface area contributed by atoms with Crippen molar-refractivity contribution in [1.82, 2.24) is 19.4 Å². The number of fused-ring (bicyclic) bond motifs is 1. The summed E-state index contributed by atoms with van der Waals surface area (Å²) in [4.78, 5) is 13.0. The lowest BCUT2D eigenvalue weighted by molar-refractivity contribution is 0.857. The SMILES string of the molecule is CC(Nc1nc(Br)cn2ccnc12)c1nccs1. The van der Waals surface area contributed by atoms with E-state index in [1.54, 1.807) is 23.7 Å².